The van der Waals surface area contributed by atoms with E-state index in [9.17, 15) is 4.79 Å². The van der Waals surface area contributed by atoms with E-state index in [-0.39, 0.29) is 5.12 Å². The van der Waals surface area contributed by atoms with Crippen LogP contribution < -0.4 is 0 Å². The van der Waals surface area contributed by atoms with Gasteiger partial charge in [0.25, 0.3) is 0 Å². The Bertz CT molecular complexity index is 309. The number of carbonyl (C=O) groups is 1. The summed E-state index contributed by atoms with van der Waals surface area (Å²) in [6, 6.07) is 10.4. The monoisotopic (exact) mass is 238 g/mol. The fourth-order valence-electron chi connectivity index (χ4n) is 1.02. The van der Waals surface area contributed by atoms with Gasteiger partial charge in [-0.15, -0.1) is 0 Å². The van der Waals surface area contributed by atoms with Crippen LogP contribution in [0.5, 0.6) is 0 Å². The molecule has 0 spiro atoms. The molecule has 0 aliphatic rings. The van der Waals surface area contributed by atoms with Crippen molar-refractivity contribution in [3.63, 3.8) is 0 Å². The van der Waals surface area contributed by atoms with Crippen molar-refractivity contribution >= 4 is 28.6 Å². The Kier molecular flexibility index (Phi) is 6.28. The van der Waals surface area contributed by atoms with Crippen LogP contribution in [0.25, 0.3) is 0 Å². The minimum Gasteiger partial charge on any atom is -0.282 e. The van der Waals surface area contributed by atoms with E-state index < -0.39 is 0 Å². The van der Waals surface area contributed by atoms with Gasteiger partial charge in [0.05, 0.1) is 0 Å². The maximum atomic E-state index is 10.9. The van der Waals surface area contributed by atoms with Gasteiger partial charge >= 0.3 is 0 Å². The Morgan fingerprint density at radius 1 is 1.27 bits per heavy atom. The first-order valence-electron chi connectivity index (χ1n) is 4.74. The highest BCUT2D eigenvalue weighted by Crippen LogP contribution is 2.14. The van der Waals surface area contributed by atoms with Crippen molar-refractivity contribution in [2.24, 2.45) is 0 Å². The van der Waals surface area contributed by atoms with E-state index in [1.807, 2.05) is 30.0 Å². The van der Waals surface area contributed by atoms with E-state index in [1.54, 1.807) is 0 Å². The first-order valence-corrected chi connectivity index (χ1v) is 6.88. The second kappa shape index (κ2) is 7.60. The molecule has 0 aliphatic heterocycles. The largest absolute Gasteiger partial charge is 0.282 e. The van der Waals surface area contributed by atoms with E-state index in [1.165, 1.54) is 23.4 Å². The van der Waals surface area contributed by atoms with Gasteiger partial charge in [-0.2, -0.15) is 11.8 Å². The molecule has 0 aromatic heterocycles. The molecule has 0 aliphatic carbocycles. The van der Waals surface area contributed by atoms with Gasteiger partial charge in [-0.3, -0.25) is 4.79 Å². The molecular weight excluding hydrogens is 224 g/mol. The molecular formula is C12H14OS2. The Morgan fingerprint density at radius 2 is 2.00 bits per heavy atom. The van der Waals surface area contributed by atoms with Gasteiger partial charge in [-0.25, -0.2) is 0 Å². The van der Waals surface area contributed by atoms with Crippen LogP contribution in [0.3, 0.4) is 0 Å². The highest BCUT2D eigenvalue weighted by Gasteiger charge is 1.96. The van der Waals surface area contributed by atoms with E-state index in [0.29, 0.717) is 0 Å². The molecule has 0 radical (unpaired) electrons. The highest BCUT2D eigenvalue weighted by atomic mass is 32.2. The number of hydrogen-bond acceptors (Lipinski definition) is 3. The number of thioether (sulfide) groups is 2. The second-order valence-electron chi connectivity index (χ2n) is 2.91. The lowest BCUT2D eigenvalue weighted by Crippen LogP contribution is -1.91. The van der Waals surface area contributed by atoms with Gasteiger partial charge in [-0.1, -0.05) is 48.7 Å². The van der Waals surface area contributed by atoms with Crippen LogP contribution in [0.2, 0.25) is 0 Å². The third-order valence-electron chi connectivity index (χ3n) is 1.75. The summed E-state index contributed by atoms with van der Waals surface area (Å²) in [4.78, 5) is 10.9. The Labute approximate surface area is 99.3 Å². The van der Waals surface area contributed by atoms with E-state index in [4.69, 9.17) is 0 Å². The lowest BCUT2D eigenvalue weighted by atomic mass is 10.2. The van der Waals surface area contributed by atoms with Crippen LogP contribution in [0.4, 0.5) is 0 Å². The molecule has 1 nitrogen and oxygen atoms in total. The minimum absolute atomic E-state index is 0.0651. The van der Waals surface area contributed by atoms with Crippen LogP contribution in [0.15, 0.2) is 43.0 Å². The van der Waals surface area contributed by atoms with Crippen molar-refractivity contribution < 1.29 is 4.79 Å². The summed E-state index contributed by atoms with van der Waals surface area (Å²) < 4.78 is 0. The highest BCUT2D eigenvalue weighted by molar-refractivity contribution is 8.14. The molecule has 80 valence electrons. The fourth-order valence-corrected chi connectivity index (χ4v) is 2.72. The fraction of sp³-hybridized carbons (Fsp3) is 0.250. The van der Waals surface area contributed by atoms with Crippen molar-refractivity contribution in [1.82, 2.24) is 0 Å². The lowest BCUT2D eigenvalue weighted by Gasteiger charge is -2.00. The standard InChI is InChI=1S/C12H14OS2/c1-2-12(13)15-9-8-14-10-11-6-4-3-5-7-11/h2-7H,1,8-10H2. The average Bonchev–Trinajstić information content (AvgIpc) is 2.29. The van der Waals surface area contributed by atoms with Gasteiger partial charge < -0.3 is 0 Å². The minimum atomic E-state index is 0.0651. The van der Waals surface area contributed by atoms with Gasteiger partial charge in [0.1, 0.15) is 0 Å². The quantitative estimate of drug-likeness (QED) is 0.559. The number of hydrogen-bond donors (Lipinski definition) is 0. The summed E-state index contributed by atoms with van der Waals surface area (Å²) in [7, 11) is 0. The number of carbonyl (C=O) groups excluding carboxylic acids is 1. The Balaban J connectivity index is 2.07. The lowest BCUT2D eigenvalue weighted by molar-refractivity contribution is -0.107. The number of benzene rings is 1. The molecule has 0 fully saturated rings. The normalized spacial score (nSPS) is 9.87. The summed E-state index contributed by atoms with van der Waals surface area (Å²) >= 11 is 3.19. The predicted octanol–water partition coefficient (Wildman–Crippen LogP) is 3.37. The van der Waals surface area contributed by atoms with Crippen molar-refractivity contribution in [1.29, 1.82) is 0 Å². The second-order valence-corrected chi connectivity index (χ2v) is 5.11. The van der Waals surface area contributed by atoms with Crippen LogP contribution in [-0.2, 0) is 10.5 Å². The van der Waals surface area contributed by atoms with E-state index >= 15 is 0 Å². The summed E-state index contributed by atoms with van der Waals surface area (Å²) in [5.41, 5.74) is 1.34. The van der Waals surface area contributed by atoms with E-state index in [2.05, 4.69) is 18.7 Å². The Hall–Kier alpha value is -0.670. The van der Waals surface area contributed by atoms with Gasteiger partial charge in [0.2, 0.25) is 5.12 Å². The first-order chi connectivity index (χ1) is 7.33. The van der Waals surface area contributed by atoms with Crippen molar-refractivity contribution in [2.75, 3.05) is 11.5 Å². The Morgan fingerprint density at radius 3 is 2.67 bits per heavy atom. The topological polar surface area (TPSA) is 17.1 Å². The zero-order chi connectivity index (χ0) is 10.9. The molecule has 0 amide bonds. The molecule has 0 atom stereocenters. The summed E-state index contributed by atoms with van der Waals surface area (Å²) in [6.07, 6.45) is 1.37. The molecule has 0 saturated heterocycles. The summed E-state index contributed by atoms with van der Waals surface area (Å²) in [5.74, 6) is 2.88. The summed E-state index contributed by atoms with van der Waals surface area (Å²) in [5, 5.41) is 0.0651. The van der Waals surface area contributed by atoms with Crippen molar-refractivity contribution in [3.8, 4) is 0 Å². The SMILES string of the molecule is C=CC(=O)SCCSCc1ccccc1. The molecule has 1 rings (SSSR count). The van der Waals surface area contributed by atoms with Crippen molar-refractivity contribution in [3.05, 3.63) is 48.6 Å². The zero-order valence-electron chi connectivity index (χ0n) is 8.52. The van der Waals surface area contributed by atoms with Gasteiger partial charge in [0.15, 0.2) is 0 Å². The number of rotatable bonds is 6. The molecule has 1 aromatic carbocycles. The van der Waals surface area contributed by atoms with Crippen LogP contribution in [-0.4, -0.2) is 16.6 Å². The summed E-state index contributed by atoms with van der Waals surface area (Å²) in [6.45, 7) is 3.43. The van der Waals surface area contributed by atoms with Crippen molar-refractivity contribution in [2.45, 2.75) is 5.75 Å². The molecule has 0 N–H and O–H groups in total. The first kappa shape index (κ1) is 12.4. The van der Waals surface area contributed by atoms with Crippen LogP contribution in [0.1, 0.15) is 5.56 Å². The maximum absolute atomic E-state index is 10.9. The molecule has 0 unspecified atom stereocenters. The van der Waals surface area contributed by atoms with E-state index in [0.717, 1.165) is 17.3 Å². The average molecular weight is 238 g/mol. The van der Waals surface area contributed by atoms with Gasteiger partial charge in [-0.05, 0) is 11.6 Å². The molecule has 1 aromatic rings. The van der Waals surface area contributed by atoms with Crippen LogP contribution in [0, 0.1) is 0 Å². The predicted molar refractivity (Wildman–Crippen MR) is 70.3 cm³/mol. The van der Waals surface area contributed by atoms with Gasteiger partial charge in [0, 0.05) is 17.3 Å². The molecule has 3 heteroatoms. The smallest absolute Gasteiger partial charge is 0.211 e. The molecule has 0 heterocycles. The third-order valence-corrected chi connectivity index (χ3v) is 3.90. The maximum Gasteiger partial charge on any atom is 0.211 e. The molecule has 0 saturated carbocycles. The third kappa shape index (κ3) is 5.70. The molecule has 0 bridgehead atoms. The van der Waals surface area contributed by atoms with Crippen LogP contribution >= 0.6 is 23.5 Å². The molecule has 15 heavy (non-hydrogen) atoms. The zero-order valence-corrected chi connectivity index (χ0v) is 10.2.